The third-order valence-corrected chi connectivity index (χ3v) is 4.11. The van der Waals surface area contributed by atoms with Gasteiger partial charge in [0.1, 0.15) is 5.75 Å². The van der Waals surface area contributed by atoms with Gasteiger partial charge in [0.25, 0.3) is 10.1 Å². The molecule has 3 aromatic rings. The van der Waals surface area contributed by atoms with Gasteiger partial charge >= 0.3 is 0 Å². The van der Waals surface area contributed by atoms with Crippen LogP contribution in [0, 0.1) is 0 Å². The van der Waals surface area contributed by atoms with Crippen LogP contribution in [0.15, 0.2) is 65.6 Å². The first-order chi connectivity index (χ1) is 10.4. The van der Waals surface area contributed by atoms with Gasteiger partial charge < -0.3 is 10.4 Å². The van der Waals surface area contributed by atoms with Crippen molar-refractivity contribution in [3.63, 3.8) is 0 Å². The monoisotopic (exact) mass is 315 g/mol. The zero-order chi connectivity index (χ0) is 15.7. The molecule has 0 spiro atoms. The molecule has 0 atom stereocenters. The molecule has 0 aliphatic rings. The number of para-hydroxylation sites is 1. The fraction of sp³-hybridized carbons (Fsp3) is 0. The lowest BCUT2D eigenvalue weighted by Gasteiger charge is -2.12. The third kappa shape index (κ3) is 2.74. The van der Waals surface area contributed by atoms with Crippen molar-refractivity contribution in [2.75, 3.05) is 5.32 Å². The van der Waals surface area contributed by atoms with Gasteiger partial charge in [0, 0.05) is 17.1 Å². The van der Waals surface area contributed by atoms with Crippen molar-refractivity contribution < 1.29 is 18.1 Å². The first-order valence-corrected chi connectivity index (χ1v) is 7.94. The van der Waals surface area contributed by atoms with E-state index in [1.165, 1.54) is 6.07 Å². The number of nitrogens with one attached hydrogen (secondary N) is 1. The van der Waals surface area contributed by atoms with E-state index >= 15 is 0 Å². The van der Waals surface area contributed by atoms with Crippen LogP contribution in [0.4, 0.5) is 11.4 Å². The Balaban J connectivity index is 2.17. The Kier molecular flexibility index (Phi) is 3.48. The van der Waals surface area contributed by atoms with E-state index in [0.717, 1.165) is 11.8 Å². The molecule has 0 fully saturated rings. The molecule has 0 saturated carbocycles. The van der Waals surface area contributed by atoms with Crippen molar-refractivity contribution in [3.05, 3.63) is 60.7 Å². The van der Waals surface area contributed by atoms with E-state index in [0.29, 0.717) is 16.5 Å². The molecule has 3 rings (SSSR count). The summed E-state index contributed by atoms with van der Waals surface area (Å²) in [6.45, 7) is 0. The zero-order valence-corrected chi connectivity index (χ0v) is 12.2. The maximum Gasteiger partial charge on any atom is 0.294 e. The summed E-state index contributed by atoms with van der Waals surface area (Å²) < 4.78 is 31.6. The molecular formula is C16H13NO4S. The second-order valence-electron chi connectivity index (χ2n) is 4.81. The number of anilines is 2. The molecular weight excluding hydrogens is 302 g/mol. The predicted octanol–water partition coefficient (Wildman–Crippen LogP) is 3.54. The zero-order valence-electron chi connectivity index (χ0n) is 11.4. The lowest BCUT2D eigenvalue weighted by molar-refractivity contribution is 0.471. The molecule has 0 saturated heterocycles. The summed E-state index contributed by atoms with van der Waals surface area (Å²) in [7, 11) is -4.37. The van der Waals surface area contributed by atoms with Crippen LogP contribution < -0.4 is 5.32 Å². The topological polar surface area (TPSA) is 86.6 Å². The molecule has 0 aliphatic carbocycles. The summed E-state index contributed by atoms with van der Waals surface area (Å²) in [5.74, 6) is -0.218. The Hall–Kier alpha value is -2.57. The summed E-state index contributed by atoms with van der Waals surface area (Å²) >= 11 is 0. The molecule has 5 nitrogen and oxygen atoms in total. The van der Waals surface area contributed by atoms with E-state index in [2.05, 4.69) is 5.32 Å². The van der Waals surface area contributed by atoms with Crippen molar-refractivity contribution in [3.8, 4) is 5.75 Å². The minimum absolute atomic E-state index is 0.218. The molecule has 0 heterocycles. The fourth-order valence-electron chi connectivity index (χ4n) is 2.31. The van der Waals surface area contributed by atoms with Gasteiger partial charge in [-0.05, 0) is 29.7 Å². The summed E-state index contributed by atoms with van der Waals surface area (Å²) in [4.78, 5) is -0.339. The quantitative estimate of drug-likeness (QED) is 0.644. The van der Waals surface area contributed by atoms with Gasteiger partial charge in [-0.1, -0.05) is 30.3 Å². The largest absolute Gasteiger partial charge is 0.507 e. The predicted molar refractivity (Wildman–Crippen MR) is 85.2 cm³/mol. The van der Waals surface area contributed by atoms with Gasteiger partial charge in [0.15, 0.2) is 0 Å². The van der Waals surface area contributed by atoms with Crippen LogP contribution in [-0.2, 0) is 10.1 Å². The summed E-state index contributed by atoms with van der Waals surface area (Å²) in [5, 5.41) is 14.3. The maximum atomic E-state index is 11.2. The second kappa shape index (κ2) is 5.32. The number of rotatable bonds is 3. The first-order valence-electron chi connectivity index (χ1n) is 6.50. The van der Waals surface area contributed by atoms with Crippen molar-refractivity contribution in [1.82, 2.24) is 0 Å². The van der Waals surface area contributed by atoms with E-state index in [-0.39, 0.29) is 10.6 Å². The third-order valence-electron chi connectivity index (χ3n) is 3.28. The van der Waals surface area contributed by atoms with Crippen molar-refractivity contribution >= 4 is 32.3 Å². The number of benzene rings is 3. The van der Waals surface area contributed by atoms with Crippen LogP contribution >= 0.6 is 0 Å². The second-order valence-corrected chi connectivity index (χ2v) is 6.23. The van der Waals surface area contributed by atoms with Crippen molar-refractivity contribution in [2.45, 2.75) is 4.90 Å². The van der Waals surface area contributed by atoms with Crippen LogP contribution in [0.5, 0.6) is 5.75 Å². The van der Waals surface area contributed by atoms with Crippen LogP contribution in [-0.4, -0.2) is 18.1 Å². The number of phenols is 1. The number of aromatic hydroxyl groups is 1. The fourth-order valence-corrected chi connectivity index (χ4v) is 2.84. The normalized spacial score (nSPS) is 11.5. The first kappa shape index (κ1) is 14.4. The molecule has 0 amide bonds. The van der Waals surface area contributed by atoms with Gasteiger partial charge in [-0.2, -0.15) is 8.42 Å². The van der Waals surface area contributed by atoms with Gasteiger partial charge in [-0.15, -0.1) is 0 Å². The standard InChI is InChI=1S/C16H13NO4S/c18-15-10-13(22(19,20)21)9-11-5-4-8-14(16(11)15)17-12-6-2-1-3-7-12/h1-10,17-18H,(H,19,20,21). The molecule has 0 aliphatic heterocycles. The van der Waals surface area contributed by atoms with Gasteiger partial charge in [-0.25, -0.2) is 0 Å². The van der Waals surface area contributed by atoms with Gasteiger partial charge in [-0.3, -0.25) is 4.55 Å². The van der Waals surface area contributed by atoms with Gasteiger partial charge in [0.05, 0.1) is 10.6 Å². The van der Waals surface area contributed by atoms with E-state index in [4.69, 9.17) is 4.55 Å². The SMILES string of the molecule is O=S(=O)(O)c1cc(O)c2c(Nc3ccccc3)cccc2c1. The van der Waals surface area contributed by atoms with Crippen LogP contribution in [0.25, 0.3) is 10.8 Å². The van der Waals surface area contributed by atoms with E-state index in [1.807, 2.05) is 30.3 Å². The lowest BCUT2D eigenvalue weighted by Crippen LogP contribution is -1.98. The van der Waals surface area contributed by atoms with Crippen LogP contribution in [0.2, 0.25) is 0 Å². The minimum atomic E-state index is -4.37. The smallest absolute Gasteiger partial charge is 0.294 e. The Morgan fingerprint density at radius 3 is 2.32 bits per heavy atom. The van der Waals surface area contributed by atoms with Crippen LogP contribution in [0.1, 0.15) is 0 Å². The van der Waals surface area contributed by atoms with E-state index in [9.17, 15) is 13.5 Å². The lowest BCUT2D eigenvalue weighted by atomic mass is 10.1. The molecule has 6 heteroatoms. The number of hydrogen-bond donors (Lipinski definition) is 3. The highest BCUT2D eigenvalue weighted by Gasteiger charge is 2.15. The van der Waals surface area contributed by atoms with Crippen molar-refractivity contribution in [2.24, 2.45) is 0 Å². The molecule has 0 aromatic heterocycles. The van der Waals surface area contributed by atoms with Crippen LogP contribution in [0.3, 0.4) is 0 Å². The number of fused-ring (bicyclic) bond motifs is 1. The molecule has 0 bridgehead atoms. The highest BCUT2D eigenvalue weighted by Crippen LogP contribution is 2.35. The summed E-state index contributed by atoms with van der Waals surface area (Å²) in [5.41, 5.74) is 1.48. The number of hydrogen-bond acceptors (Lipinski definition) is 4. The molecule has 22 heavy (non-hydrogen) atoms. The Morgan fingerprint density at radius 2 is 1.64 bits per heavy atom. The Labute approximate surface area is 127 Å². The summed E-state index contributed by atoms with van der Waals surface area (Å²) in [6.07, 6.45) is 0. The van der Waals surface area contributed by atoms with Crippen molar-refractivity contribution in [1.29, 1.82) is 0 Å². The maximum absolute atomic E-state index is 11.2. The summed E-state index contributed by atoms with van der Waals surface area (Å²) in [6, 6.07) is 16.9. The highest BCUT2D eigenvalue weighted by molar-refractivity contribution is 7.85. The van der Waals surface area contributed by atoms with E-state index in [1.54, 1.807) is 18.2 Å². The molecule has 3 N–H and O–H groups in total. The average Bonchev–Trinajstić information content (AvgIpc) is 2.47. The van der Waals surface area contributed by atoms with E-state index < -0.39 is 10.1 Å². The number of phenolic OH excluding ortho intramolecular Hbond substituents is 1. The molecule has 3 aromatic carbocycles. The average molecular weight is 315 g/mol. The molecule has 0 radical (unpaired) electrons. The highest BCUT2D eigenvalue weighted by atomic mass is 32.2. The van der Waals surface area contributed by atoms with Gasteiger partial charge in [0.2, 0.25) is 0 Å². The molecule has 112 valence electrons. The Bertz CT molecular complexity index is 937. The Morgan fingerprint density at radius 1 is 0.909 bits per heavy atom. The molecule has 0 unspecified atom stereocenters. The minimum Gasteiger partial charge on any atom is -0.507 e.